The first-order chi connectivity index (χ1) is 9.98. The molecule has 0 aromatic carbocycles. The molecule has 21 heavy (non-hydrogen) atoms. The summed E-state index contributed by atoms with van der Waals surface area (Å²) in [7, 11) is -3.65. The number of esters is 1. The predicted octanol–water partition coefficient (Wildman–Crippen LogP) is 2.07. The summed E-state index contributed by atoms with van der Waals surface area (Å²) < 4.78 is 33.7. The van der Waals surface area contributed by atoms with Gasteiger partial charge in [0.25, 0.3) is 10.2 Å². The molecule has 0 unspecified atom stereocenters. The average molecular weight is 332 g/mol. The molecular weight excluding hydrogens is 312 g/mol. The number of aryl methyl sites for hydroxylation is 1. The maximum absolute atomic E-state index is 12.2. The van der Waals surface area contributed by atoms with Crippen LogP contribution in [-0.2, 0) is 27.8 Å². The number of thiophene rings is 1. The molecule has 1 aliphatic carbocycles. The first kappa shape index (κ1) is 16.3. The van der Waals surface area contributed by atoms with Gasteiger partial charge in [-0.25, -0.2) is 4.79 Å². The van der Waals surface area contributed by atoms with Gasteiger partial charge in [0.2, 0.25) is 0 Å². The molecule has 0 radical (unpaired) electrons. The molecule has 1 aromatic heterocycles. The second-order valence-electron chi connectivity index (χ2n) is 4.74. The first-order valence-corrected chi connectivity index (χ1v) is 9.37. The lowest BCUT2D eigenvalue weighted by Crippen LogP contribution is -2.30. The zero-order valence-corrected chi connectivity index (χ0v) is 13.8. The van der Waals surface area contributed by atoms with Crippen LogP contribution in [0.4, 0.5) is 5.00 Å². The van der Waals surface area contributed by atoms with Gasteiger partial charge in [-0.05, 0) is 38.2 Å². The number of rotatable bonds is 6. The summed E-state index contributed by atoms with van der Waals surface area (Å²) in [6.45, 7) is 3.99. The van der Waals surface area contributed by atoms with Crippen molar-refractivity contribution in [3.8, 4) is 0 Å². The van der Waals surface area contributed by atoms with Crippen LogP contribution in [0.15, 0.2) is 0 Å². The number of carbonyl (C=O) groups excluding carboxylic acids is 1. The molecule has 0 spiro atoms. The third-order valence-electron chi connectivity index (χ3n) is 3.21. The number of ether oxygens (including phenoxy) is 1. The summed E-state index contributed by atoms with van der Waals surface area (Å²) in [6, 6.07) is 0. The number of hydrogen-bond donors (Lipinski definition) is 2. The minimum absolute atomic E-state index is 0.267. The minimum Gasteiger partial charge on any atom is -0.462 e. The van der Waals surface area contributed by atoms with Gasteiger partial charge in [-0.3, -0.25) is 4.72 Å². The largest absolute Gasteiger partial charge is 0.462 e. The third kappa shape index (κ3) is 3.75. The zero-order valence-electron chi connectivity index (χ0n) is 12.2. The first-order valence-electron chi connectivity index (χ1n) is 7.07. The van der Waals surface area contributed by atoms with Crippen LogP contribution < -0.4 is 9.44 Å². The molecule has 2 rings (SSSR count). The van der Waals surface area contributed by atoms with Crippen LogP contribution in [-0.4, -0.2) is 27.5 Å². The third-order valence-corrected chi connectivity index (χ3v) is 5.69. The van der Waals surface area contributed by atoms with Gasteiger partial charge in [-0.2, -0.15) is 13.1 Å². The van der Waals surface area contributed by atoms with E-state index in [1.165, 1.54) is 11.3 Å². The van der Waals surface area contributed by atoms with Crippen LogP contribution in [0.2, 0.25) is 0 Å². The Kier molecular flexibility index (Phi) is 5.23. The van der Waals surface area contributed by atoms with Crippen molar-refractivity contribution < 1.29 is 17.9 Å². The number of nitrogens with one attached hydrogen (secondary N) is 2. The molecule has 8 heteroatoms. The highest BCUT2D eigenvalue weighted by Crippen LogP contribution is 2.38. The maximum atomic E-state index is 12.2. The van der Waals surface area contributed by atoms with Crippen molar-refractivity contribution in [3.05, 3.63) is 16.0 Å². The number of fused-ring (bicyclic) bond motifs is 1. The number of carbonyl (C=O) groups is 1. The molecule has 0 bridgehead atoms. The highest BCUT2D eigenvalue weighted by Gasteiger charge is 2.28. The Hall–Kier alpha value is -1.12. The highest BCUT2D eigenvalue weighted by molar-refractivity contribution is 7.91. The Morgan fingerprint density at radius 2 is 2.00 bits per heavy atom. The molecule has 0 aliphatic heterocycles. The molecule has 0 saturated carbocycles. The van der Waals surface area contributed by atoms with E-state index < -0.39 is 16.2 Å². The molecular formula is C13H20N2O4S2. The van der Waals surface area contributed by atoms with Crippen LogP contribution in [0.25, 0.3) is 0 Å². The van der Waals surface area contributed by atoms with Gasteiger partial charge < -0.3 is 4.74 Å². The lowest BCUT2D eigenvalue weighted by molar-refractivity contribution is 0.0526. The van der Waals surface area contributed by atoms with E-state index >= 15 is 0 Å². The number of hydrogen-bond acceptors (Lipinski definition) is 5. The van der Waals surface area contributed by atoms with Crippen molar-refractivity contribution in [2.24, 2.45) is 0 Å². The van der Waals surface area contributed by atoms with Crippen molar-refractivity contribution >= 4 is 32.5 Å². The summed E-state index contributed by atoms with van der Waals surface area (Å²) >= 11 is 1.34. The molecule has 1 aliphatic rings. The maximum Gasteiger partial charge on any atom is 0.341 e. The zero-order chi connectivity index (χ0) is 15.5. The average Bonchev–Trinajstić information content (AvgIpc) is 2.75. The molecule has 0 saturated heterocycles. The SMILES string of the molecule is CCNS(=O)(=O)Nc1sc2c(c1C(=O)OCC)CCCC2. The van der Waals surface area contributed by atoms with Gasteiger partial charge in [-0.15, -0.1) is 11.3 Å². The normalized spacial score (nSPS) is 14.6. The van der Waals surface area contributed by atoms with Crippen LogP contribution in [0.5, 0.6) is 0 Å². The quantitative estimate of drug-likeness (QED) is 0.781. The molecule has 0 atom stereocenters. The Labute approximate surface area is 129 Å². The summed E-state index contributed by atoms with van der Waals surface area (Å²) in [5.74, 6) is -0.453. The smallest absolute Gasteiger partial charge is 0.341 e. The topological polar surface area (TPSA) is 84.5 Å². The predicted molar refractivity (Wildman–Crippen MR) is 83.1 cm³/mol. The summed E-state index contributed by atoms with van der Waals surface area (Å²) in [5.41, 5.74) is 1.33. The van der Waals surface area contributed by atoms with E-state index in [1.54, 1.807) is 13.8 Å². The van der Waals surface area contributed by atoms with E-state index in [0.29, 0.717) is 10.6 Å². The van der Waals surface area contributed by atoms with Crippen molar-refractivity contribution in [2.45, 2.75) is 39.5 Å². The van der Waals surface area contributed by atoms with Crippen LogP contribution in [0, 0.1) is 0 Å². The van der Waals surface area contributed by atoms with Gasteiger partial charge in [0.1, 0.15) is 5.00 Å². The van der Waals surface area contributed by atoms with Gasteiger partial charge in [-0.1, -0.05) is 6.92 Å². The van der Waals surface area contributed by atoms with Crippen LogP contribution >= 0.6 is 11.3 Å². The van der Waals surface area contributed by atoms with E-state index in [0.717, 1.165) is 36.1 Å². The fourth-order valence-electron chi connectivity index (χ4n) is 2.41. The van der Waals surface area contributed by atoms with Crippen molar-refractivity contribution in [3.63, 3.8) is 0 Å². The highest BCUT2D eigenvalue weighted by atomic mass is 32.2. The van der Waals surface area contributed by atoms with Gasteiger partial charge in [0, 0.05) is 11.4 Å². The van der Waals surface area contributed by atoms with E-state index in [9.17, 15) is 13.2 Å². The minimum atomic E-state index is -3.65. The Morgan fingerprint density at radius 1 is 1.29 bits per heavy atom. The second kappa shape index (κ2) is 6.76. The molecule has 1 aromatic rings. The lowest BCUT2D eigenvalue weighted by Gasteiger charge is -2.12. The van der Waals surface area contributed by atoms with Crippen LogP contribution in [0.3, 0.4) is 0 Å². The second-order valence-corrected chi connectivity index (χ2v) is 7.34. The van der Waals surface area contributed by atoms with Gasteiger partial charge in [0.05, 0.1) is 12.2 Å². The lowest BCUT2D eigenvalue weighted by atomic mass is 9.95. The van der Waals surface area contributed by atoms with Crippen molar-refractivity contribution in [2.75, 3.05) is 17.9 Å². The molecule has 118 valence electrons. The van der Waals surface area contributed by atoms with Gasteiger partial charge in [0.15, 0.2) is 0 Å². The molecule has 0 amide bonds. The van der Waals surface area contributed by atoms with Crippen molar-refractivity contribution in [1.82, 2.24) is 4.72 Å². The Bertz CT molecular complexity index is 622. The van der Waals surface area contributed by atoms with Crippen LogP contribution in [0.1, 0.15) is 47.5 Å². The van der Waals surface area contributed by atoms with Gasteiger partial charge >= 0.3 is 5.97 Å². The molecule has 6 nitrogen and oxygen atoms in total. The van der Waals surface area contributed by atoms with E-state index in [1.807, 2.05) is 0 Å². The fourth-order valence-corrected chi connectivity index (χ4v) is 4.83. The molecule has 1 heterocycles. The molecule has 0 fully saturated rings. The van der Waals surface area contributed by atoms with Crippen molar-refractivity contribution in [1.29, 1.82) is 0 Å². The summed E-state index contributed by atoms with van der Waals surface area (Å²) in [6.07, 6.45) is 3.75. The monoisotopic (exact) mass is 332 g/mol. The Balaban J connectivity index is 2.40. The fraction of sp³-hybridized carbons (Fsp3) is 0.615. The summed E-state index contributed by atoms with van der Waals surface area (Å²) in [5, 5.41) is 0.362. The summed E-state index contributed by atoms with van der Waals surface area (Å²) in [4.78, 5) is 13.3. The van der Waals surface area contributed by atoms with E-state index in [4.69, 9.17) is 4.74 Å². The Morgan fingerprint density at radius 3 is 2.67 bits per heavy atom. The standard InChI is InChI=1S/C13H20N2O4S2/c1-3-14-21(17,18)15-12-11(13(16)19-4-2)9-7-5-6-8-10(9)20-12/h14-15H,3-8H2,1-2H3. The van der Waals surface area contributed by atoms with E-state index in [2.05, 4.69) is 9.44 Å². The number of anilines is 1. The van der Waals surface area contributed by atoms with E-state index in [-0.39, 0.29) is 13.2 Å². The molecule has 2 N–H and O–H groups in total.